The Kier molecular flexibility index (Phi) is 5.00. The van der Waals surface area contributed by atoms with Crippen LogP contribution in [0.3, 0.4) is 0 Å². The fourth-order valence-electron chi connectivity index (χ4n) is 2.23. The van der Waals surface area contributed by atoms with Gasteiger partial charge in [0.05, 0.1) is 5.52 Å². The summed E-state index contributed by atoms with van der Waals surface area (Å²) in [6.45, 7) is 10.7. The molecule has 0 aliphatic heterocycles. The third-order valence-corrected chi connectivity index (χ3v) is 3.57. The minimum absolute atomic E-state index is 0.430. The van der Waals surface area contributed by atoms with Gasteiger partial charge in [0.2, 0.25) is 0 Å². The number of rotatable bonds is 5. The number of halogens is 1. The van der Waals surface area contributed by atoms with E-state index in [1.165, 1.54) is 5.56 Å². The molecule has 0 atom stereocenters. The molecule has 0 bridgehead atoms. The van der Waals surface area contributed by atoms with Gasteiger partial charge in [-0.25, -0.2) is 0 Å². The lowest BCUT2D eigenvalue weighted by Gasteiger charge is -2.13. The number of nitrogens with zero attached hydrogens (tertiary/aromatic N) is 1. The van der Waals surface area contributed by atoms with Gasteiger partial charge in [-0.05, 0) is 48.2 Å². The van der Waals surface area contributed by atoms with Gasteiger partial charge in [0.25, 0.3) is 0 Å². The topological polar surface area (TPSA) is 24.9 Å². The maximum atomic E-state index is 6.13. The van der Waals surface area contributed by atoms with Gasteiger partial charge in [-0.15, -0.1) is 0 Å². The number of fused-ring (bicyclic) bond motifs is 1. The molecule has 0 aliphatic rings. The molecule has 2 rings (SSSR count). The first kappa shape index (κ1) is 15.3. The van der Waals surface area contributed by atoms with Crippen LogP contribution in [0.1, 0.15) is 44.9 Å². The van der Waals surface area contributed by atoms with Crippen LogP contribution in [-0.2, 0) is 6.54 Å². The van der Waals surface area contributed by atoms with Crippen molar-refractivity contribution in [1.29, 1.82) is 0 Å². The molecule has 2 aromatic rings. The van der Waals surface area contributed by atoms with Gasteiger partial charge in [0, 0.05) is 22.6 Å². The monoisotopic (exact) mass is 290 g/mol. The Morgan fingerprint density at radius 1 is 1.15 bits per heavy atom. The average molecular weight is 291 g/mol. The summed E-state index contributed by atoms with van der Waals surface area (Å²) in [5.41, 5.74) is 3.45. The number of hydrogen-bond acceptors (Lipinski definition) is 2. The number of aromatic nitrogens is 1. The average Bonchev–Trinajstić information content (AvgIpc) is 2.38. The summed E-state index contributed by atoms with van der Waals surface area (Å²) in [7, 11) is 0. The molecule has 0 saturated heterocycles. The molecule has 0 unspecified atom stereocenters. The van der Waals surface area contributed by atoms with Gasteiger partial charge in [0.15, 0.2) is 0 Å². The summed E-state index contributed by atoms with van der Waals surface area (Å²) in [6.07, 6.45) is 0. The van der Waals surface area contributed by atoms with Crippen LogP contribution in [0.25, 0.3) is 10.9 Å². The first-order chi connectivity index (χ1) is 9.47. The highest BCUT2D eigenvalue weighted by molar-refractivity contribution is 6.31. The molecule has 0 aliphatic carbocycles. The fourth-order valence-corrected chi connectivity index (χ4v) is 2.40. The number of benzene rings is 1. The SMILES string of the molecule is CC(C)CNCc1cc(C(C)C)nc2ccc(Cl)cc12. The quantitative estimate of drug-likeness (QED) is 0.859. The standard InChI is InChI=1S/C17H23ClN2/c1-11(2)9-19-10-13-7-17(12(3)4)20-16-6-5-14(18)8-15(13)16/h5-8,11-12,19H,9-10H2,1-4H3. The van der Waals surface area contributed by atoms with Crippen LogP contribution in [0.2, 0.25) is 5.02 Å². The lowest BCUT2D eigenvalue weighted by atomic mass is 10.0. The van der Waals surface area contributed by atoms with Gasteiger partial charge in [-0.3, -0.25) is 4.98 Å². The zero-order valence-corrected chi connectivity index (χ0v) is 13.5. The van der Waals surface area contributed by atoms with Crippen LogP contribution in [-0.4, -0.2) is 11.5 Å². The minimum atomic E-state index is 0.430. The van der Waals surface area contributed by atoms with E-state index in [1.54, 1.807) is 0 Å². The Labute approximate surface area is 126 Å². The number of pyridine rings is 1. The van der Waals surface area contributed by atoms with E-state index in [2.05, 4.69) is 39.1 Å². The Balaban J connectivity index is 2.39. The van der Waals surface area contributed by atoms with E-state index in [0.29, 0.717) is 11.8 Å². The molecular formula is C17H23ClN2. The van der Waals surface area contributed by atoms with Crippen molar-refractivity contribution in [2.75, 3.05) is 6.54 Å². The second kappa shape index (κ2) is 6.55. The molecule has 0 amide bonds. The van der Waals surface area contributed by atoms with E-state index in [0.717, 1.165) is 34.7 Å². The second-order valence-electron chi connectivity index (χ2n) is 6.05. The maximum Gasteiger partial charge on any atom is 0.0709 e. The first-order valence-corrected chi connectivity index (χ1v) is 7.65. The number of nitrogens with one attached hydrogen (secondary N) is 1. The summed E-state index contributed by atoms with van der Waals surface area (Å²) in [4.78, 5) is 4.73. The normalized spacial score (nSPS) is 11.8. The van der Waals surface area contributed by atoms with Crippen molar-refractivity contribution in [3.63, 3.8) is 0 Å². The van der Waals surface area contributed by atoms with E-state index in [9.17, 15) is 0 Å². The van der Waals surface area contributed by atoms with Crippen LogP contribution < -0.4 is 5.32 Å². The Morgan fingerprint density at radius 3 is 2.55 bits per heavy atom. The summed E-state index contributed by atoms with van der Waals surface area (Å²) in [5.74, 6) is 1.08. The third-order valence-electron chi connectivity index (χ3n) is 3.34. The van der Waals surface area contributed by atoms with Gasteiger partial charge < -0.3 is 5.32 Å². The smallest absolute Gasteiger partial charge is 0.0709 e. The zero-order chi connectivity index (χ0) is 14.7. The zero-order valence-electron chi connectivity index (χ0n) is 12.7. The summed E-state index contributed by atoms with van der Waals surface area (Å²) in [5, 5.41) is 5.42. The molecule has 0 radical (unpaired) electrons. The summed E-state index contributed by atoms with van der Waals surface area (Å²) < 4.78 is 0. The Morgan fingerprint density at radius 2 is 1.90 bits per heavy atom. The highest BCUT2D eigenvalue weighted by Crippen LogP contribution is 2.25. The largest absolute Gasteiger partial charge is 0.312 e. The first-order valence-electron chi connectivity index (χ1n) is 7.27. The van der Waals surface area contributed by atoms with E-state index in [4.69, 9.17) is 16.6 Å². The highest BCUT2D eigenvalue weighted by atomic mass is 35.5. The molecule has 3 heteroatoms. The molecule has 1 aromatic carbocycles. The van der Waals surface area contributed by atoms with Crippen LogP contribution >= 0.6 is 11.6 Å². The summed E-state index contributed by atoms with van der Waals surface area (Å²) in [6, 6.07) is 8.14. The molecular weight excluding hydrogens is 268 g/mol. The Bertz CT molecular complexity index is 591. The van der Waals surface area contributed by atoms with E-state index < -0.39 is 0 Å². The van der Waals surface area contributed by atoms with Gasteiger partial charge in [-0.2, -0.15) is 0 Å². The van der Waals surface area contributed by atoms with Gasteiger partial charge >= 0.3 is 0 Å². The van der Waals surface area contributed by atoms with Crippen molar-refractivity contribution in [2.45, 2.75) is 40.2 Å². The van der Waals surface area contributed by atoms with Crippen LogP contribution in [0.4, 0.5) is 0 Å². The number of hydrogen-bond donors (Lipinski definition) is 1. The predicted octanol–water partition coefficient (Wildman–Crippen LogP) is 4.76. The summed E-state index contributed by atoms with van der Waals surface area (Å²) >= 11 is 6.13. The third kappa shape index (κ3) is 3.71. The minimum Gasteiger partial charge on any atom is -0.312 e. The molecule has 0 fully saturated rings. The molecule has 1 heterocycles. The van der Waals surface area contributed by atoms with E-state index in [-0.39, 0.29) is 0 Å². The second-order valence-corrected chi connectivity index (χ2v) is 6.48. The van der Waals surface area contributed by atoms with Crippen LogP contribution in [0.5, 0.6) is 0 Å². The molecule has 0 saturated carbocycles. The molecule has 1 aromatic heterocycles. The van der Waals surface area contributed by atoms with E-state index in [1.807, 2.05) is 18.2 Å². The van der Waals surface area contributed by atoms with Gasteiger partial charge in [-0.1, -0.05) is 39.3 Å². The maximum absolute atomic E-state index is 6.13. The highest BCUT2D eigenvalue weighted by Gasteiger charge is 2.09. The molecule has 0 spiro atoms. The van der Waals surface area contributed by atoms with E-state index >= 15 is 0 Å². The lowest BCUT2D eigenvalue weighted by molar-refractivity contribution is 0.553. The van der Waals surface area contributed by atoms with Crippen LogP contribution in [0, 0.1) is 5.92 Å². The molecule has 20 heavy (non-hydrogen) atoms. The van der Waals surface area contributed by atoms with Crippen molar-refractivity contribution < 1.29 is 0 Å². The van der Waals surface area contributed by atoms with Crippen molar-refractivity contribution in [3.05, 3.63) is 40.5 Å². The fraction of sp³-hybridized carbons (Fsp3) is 0.471. The van der Waals surface area contributed by atoms with Gasteiger partial charge in [0.1, 0.15) is 0 Å². The molecule has 1 N–H and O–H groups in total. The lowest BCUT2D eigenvalue weighted by Crippen LogP contribution is -2.19. The van der Waals surface area contributed by atoms with Crippen molar-refractivity contribution in [1.82, 2.24) is 10.3 Å². The predicted molar refractivity (Wildman–Crippen MR) is 87.4 cm³/mol. The molecule has 108 valence electrons. The van der Waals surface area contributed by atoms with Crippen molar-refractivity contribution >= 4 is 22.5 Å². The molecule has 2 nitrogen and oxygen atoms in total. The van der Waals surface area contributed by atoms with Crippen molar-refractivity contribution in [3.8, 4) is 0 Å². The Hall–Kier alpha value is -1.12. The van der Waals surface area contributed by atoms with Crippen LogP contribution in [0.15, 0.2) is 24.3 Å². The van der Waals surface area contributed by atoms with Crippen molar-refractivity contribution in [2.24, 2.45) is 5.92 Å².